The van der Waals surface area contributed by atoms with E-state index in [4.69, 9.17) is 0 Å². The molecule has 0 spiro atoms. The molecule has 0 nitrogen and oxygen atoms in total. The van der Waals surface area contributed by atoms with Gasteiger partial charge in [0.25, 0.3) is 0 Å². The van der Waals surface area contributed by atoms with Crippen LogP contribution in [0.1, 0.15) is 41.5 Å². The first-order chi connectivity index (χ1) is 12.4. The molecule has 0 aliphatic heterocycles. The van der Waals surface area contributed by atoms with E-state index in [9.17, 15) is 0 Å². The van der Waals surface area contributed by atoms with Crippen LogP contribution in [0.15, 0.2) is 77.4 Å². The fourth-order valence-electron chi connectivity index (χ4n) is 3.27. The van der Waals surface area contributed by atoms with Gasteiger partial charge in [-0.25, -0.2) is 0 Å². The maximum absolute atomic E-state index is 4.34. The van der Waals surface area contributed by atoms with Gasteiger partial charge in [-0.3, -0.25) is 0 Å². The molecule has 0 amide bonds. The molecule has 0 saturated heterocycles. The van der Waals surface area contributed by atoms with E-state index >= 15 is 0 Å². The summed E-state index contributed by atoms with van der Waals surface area (Å²) < 4.78 is 12.6. The number of hydrogen-bond donors (Lipinski definition) is 0. The summed E-state index contributed by atoms with van der Waals surface area (Å²) in [7, 11) is 0. The van der Waals surface area contributed by atoms with Crippen molar-refractivity contribution in [3.8, 4) is 0 Å². The predicted molar refractivity (Wildman–Crippen MR) is 131 cm³/mol. The predicted octanol–water partition coefficient (Wildman–Crippen LogP) is 4.48. The third-order valence-corrected chi connectivity index (χ3v) is 30.8. The van der Waals surface area contributed by atoms with Crippen molar-refractivity contribution in [2.75, 3.05) is 0 Å². The molecule has 0 unspecified atom stereocenters. The van der Waals surface area contributed by atoms with Crippen molar-refractivity contribution in [3.05, 3.63) is 77.4 Å². The molecule has 0 aliphatic rings. The van der Waals surface area contributed by atoms with E-state index in [1.165, 1.54) is 29.5 Å². The summed E-state index contributed by atoms with van der Waals surface area (Å²) >= 11 is -6.62. The first-order valence-corrected chi connectivity index (χ1v) is 24.5. The van der Waals surface area contributed by atoms with Crippen LogP contribution in [0.5, 0.6) is 0 Å². The average molecular weight is 948 g/mol. The zero-order valence-electron chi connectivity index (χ0n) is 17.8. The Balaban J connectivity index is 3.84. The number of hydrogen-bond acceptors (Lipinski definition) is 0. The van der Waals surface area contributed by atoms with Gasteiger partial charge in [0.15, 0.2) is 0 Å². The van der Waals surface area contributed by atoms with Crippen LogP contribution in [0.2, 0.25) is 0 Å². The minimum absolute atomic E-state index is 1.34. The molecule has 144 valence electrons. The van der Waals surface area contributed by atoms with E-state index in [0.29, 0.717) is 0 Å². The van der Waals surface area contributed by atoms with Gasteiger partial charge in [0.2, 0.25) is 0 Å². The zero-order chi connectivity index (χ0) is 21.0. The fourth-order valence-corrected chi connectivity index (χ4v) is 32.5. The Morgan fingerprint density at radius 1 is 0.444 bits per heavy atom. The SMILES string of the molecule is C=[C](C)[Bi]([C](=C)C)[c]1c[c]([Bi]([C](=C)C)[C](=C)C)c[c]([Bi]([C](=C)C)[C](=C)C)c1. The van der Waals surface area contributed by atoms with Gasteiger partial charge in [0.05, 0.1) is 0 Å². The molecular formula is C24H33Bi3. The van der Waals surface area contributed by atoms with Crippen LogP contribution in [0.3, 0.4) is 0 Å². The second kappa shape index (κ2) is 10.9. The van der Waals surface area contributed by atoms with Gasteiger partial charge in [-0.1, -0.05) is 0 Å². The average Bonchev–Trinajstić information content (AvgIpc) is 2.44. The first-order valence-electron chi connectivity index (χ1n) is 8.87. The molecule has 0 heterocycles. The molecule has 0 aromatic heterocycles. The second-order valence-electron chi connectivity index (χ2n) is 7.13. The van der Waals surface area contributed by atoms with Crippen molar-refractivity contribution in [2.24, 2.45) is 0 Å². The van der Waals surface area contributed by atoms with Gasteiger partial charge >= 0.3 is 194 Å². The van der Waals surface area contributed by atoms with E-state index in [2.05, 4.69) is 99.2 Å². The topological polar surface area (TPSA) is 0 Å². The molecule has 0 atom stereocenters. The Morgan fingerprint density at radius 3 is 0.704 bits per heavy atom. The van der Waals surface area contributed by atoms with Crippen molar-refractivity contribution >= 4 is 75.1 Å². The van der Waals surface area contributed by atoms with Crippen molar-refractivity contribution in [3.63, 3.8) is 0 Å². The summed E-state index contributed by atoms with van der Waals surface area (Å²) in [5, 5.41) is 0. The Kier molecular flexibility index (Phi) is 10.2. The molecular weight excluding hydrogens is 915 g/mol. The van der Waals surface area contributed by atoms with Gasteiger partial charge < -0.3 is 0 Å². The number of rotatable bonds is 9. The molecule has 1 rings (SSSR count). The third-order valence-electron chi connectivity index (χ3n) is 3.95. The van der Waals surface area contributed by atoms with Gasteiger partial charge in [-0.2, -0.15) is 0 Å². The zero-order valence-corrected chi connectivity index (χ0v) is 28.2. The molecule has 0 aliphatic carbocycles. The van der Waals surface area contributed by atoms with Crippen molar-refractivity contribution in [1.82, 2.24) is 0 Å². The number of benzene rings is 1. The van der Waals surface area contributed by atoms with Gasteiger partial charge in [-0.05, 0) is 0 Å². The molecule has 3 heteroatoms. The third kappa shape index (κ3) is 6.66. The standard InChI is InChI=1S/C6H3.6C3H5.3Bi/c1-2-4-6-5-3-1;6*1-3-2;;;/h1,4-5H;6*1H2,2H3;;;. The molecule has 0 fully saturated rings. The summed E-state index contributed by atoms with van der Waals surface area (Å²) in [6.07, 6.45) is 0. The summed E-state index contributed by atoms with van der Waals surface area (Å²) in [5.74, 6) is 0. The second-order valence-corrected chi connectivity index (χ2v) is 38.8. The Hall–Kier alpha value is 0.309. The Labute approximate surface area is 191 Å². The monoisotopic (exact) mass is 948 g/mol. The van der Waals surface area contributed by atoms with Gasteiger partial charge in [0.1, 0.15) is 0 Å². The first kappa shape index (κ1) is 25.3. The quantitative estimate of drug-likeness (QED) is 0.321. The normalized spacial score (nSPS) is 11.0. The summed E-state index contributed by atoms with van der Waals surface area (Å²) in [6.45, 7) is 39.1. The molecule has 0 N–H and O–H groups in total. The van der Waals surface area contributed by atoms with Crippen LogP contribution in [0.25, 0.3) is 0 Å². The molecule has 1 aromatic rings. The van der Waals surface area contributed by atoms with Crippen LogP contribution < -0.4 is 9.81 Å². The van der Waals surface area contributed by atoms with Crippen molar-refractivity contribution < 1.29 is 0 Å². The Morgan fingerprint density at radius 2 is 0.593 bits per heavy atom. The Bertz CT molecular complexity index is 662. The van der Waals surface area contributed by atoms with E-state index in [1.807, 2.05) is 0 Å². The van der Waals surface area contributed by atoms with Crippen LogP contribution >= 0.6 is 0 Å². The minimum atomic E-state index is -2.21. The van der Waals surface area contributed by atoms with Crippen LogP contribution in [-0.4, -0.2) is 65.3 Å². The maximum atomic E-state index is 4.34. The van der Waals surface area contributed by atoms with E-state index in [-0.39, 0.29) is 0 Å². The van der Waals surface area contributed by atoms with E-state index in [1.54, 1.807) is 0 Å². The van der Waals surface area contributed by atoms with Gasteiger partial charge in [0, 0.05) is 0 Å². The summed E-state index contributed by atoms with van der Waals surface area (Å²) in [5.41, 5.74) is 0. The fraction of sp³-hybridized carbons (Fsp3) is 0.250. The number of allylic oxidation sites excluding steroid dienone is 6. The molecule has 27 heavy (non-hydrogen) atoms. The van der Waals surface area contributed by atoms with Crippen LogP contribution in [0.4, 0.5) is 0 Å². The van der Waals surface area contributed by atoms with E-state index in [0.717, 1.165) is 0 Å². The van der Waals surface area contributed by atoms with Crippen LogP contribution in [0, 0.1) is 0 Å². The molecule has 0 bridgehead atoms. The van der Waals surface area contributed by atoms with Crippen molar-refractivity contribution in [1.29, 1.82) is 0 Å². The summed E-state index contributed by atoms with van der Waals surface area (Å²) in [4.78, 5) is 0. The summed E-state index contributed by atoms with van der Waals surface area (Å²) in [6, 6.07) is 7.43. The van der Waals surface area contributed by atoms with Gasteiger partial charge in [-0.15, -0.1) is 0 Å². The van der Waals surface area contributed by atoms with Crippen LogP contribution in [-0.2, 0) is 0 Å². The van der Waals surface area contributed by atoms with E-state index < -0.39 is 65.3 Å². The molecule has 0 radical (unpaired) electrons. The molecule has 0 saturated carbocycles. The molecule has 1 aromatic carbocycles. The van der Waals surface area contributed by atoms with Crippen molar-refractivity contribution in [2.45, 2.75) is 41.5 Å².